The largest absolute Gasteiger partial charge is 0.308 e. The molecule has 2 amide bonds. The molecule has 0 saturated carbocycles. The fourth-order valence-corrected chi connectivity index (χ4v) is 4.90. The van der Waals surface area contributed by atoms with Gasteiger partial charge >= 0.3 is 0 Å². The number of carbonyl (C=O) groups excluding carboxylic acids is 2. The average Bonchev–Trinajstić information content (AvgIpc) is 3.29. The van der Waals surface area contributed by atoms with Crippen LogP contribution in [0.25, 0.3) is 0 Å². The number of carbonyl (C=O) groups is 2. The van der Waals surface area contributed by atoms with E-state index in [9.17, 15) is 18.4 Å². The molecule has 30 heavy (non-hydrogen) atoms. The number of benzene rings is 2. The highest BCUT2D eigenvalue weighted by atomic mass is 32.2. The molecule has 0 saturated heterocycles. The van der Waals surface area contributed by atoms with Crippen molar-refractivity contribution in [3.05, 3.63) is 65.2 Å². The first-order valence-corrected chi connectivity index (χ1v) is 10.9. The van der Waals surface area contributed by atoms with E-state index < -0.39 is 17.5 Å². The van der Waals surface area contributed by atoms with Crippen LogP contribution in [-0.2, 0) is 11.2 Å². The van der Waals surface area contributed by atoms with E-state index in [2.05, 4.69) is 15.5 Å². The lowest BCUT2D eigenvalue weighted by Gasteiger charge is -2.22. The molecule has 0 spiro atoms. The number of thioether (sulfide) groups is 1. The number of hydrogen-bond acceptors (Lipinski definition) is 6. The van der Waals surface area contributed by atoms with Crippen LogP contribution in [-0.4, -0.2) is 33.8 Å². The number of halogens is 2. The Morgan fingerprint density at radius 3 is 2.83 bits per heavy atom. The van der Waals surface area contributed by atoms with Gasteiger partial charge in [-0.2, -0.15) is 0 Å². The van der Waals surface area contributed by atoms with Gasteiger partial charge < -0.3 is 4.90 Å². The molecule has 1 N–H and O–H groups in total. The van der Waals surface area contributed by atoms with Crippen molar-refractivity contribution >= 4 is 45.7 Å². The van der Waals surface area contributed by atoms with Gasteiger partial charge in [-0.25, -0.2) is 8.78 Å². The number of amides is 2. The van der Waals surface area contributed by atoms with E-state index in [0.717, 1.165) is 41.1 Å². The van der Waals surface area contributed by atoms with Crippen LogP contribution in [0.1, 0.15) is 22.8 Å². The Morgan fingerprint density at radius 1 is 1.23 bits per heavy atom. The molecule has 0 aliphatic carbocycles. The second-order valence-electron chi connectivity index (χ2n) is 6.69. The van der Waals surface area contributed by atoms with Crippen molar-refractivity contribution < 1.29 is 18.4 Å². The second-order valence-corrected chi connectivity index (χ2v) is 8.89. The van der Waals surface area contributed by atoms with Crippen molar-refractivity contribution in [2.24, 2.45) is 0 Å². The normalized spacial score (nSPS) is 15.2. The first-order valence-electron chi connectivity index (χ1n) is 9.05. The van der Waals surface area contributed by atoms with E-state index in [-0.39, 0.29) is 28.4 Å². The van der Waals surface area contributed by atoms with E-state index in [1.807, 2.05) is 31.2 Å². The zero-order valence-corrected chi connectivity index (χ0v) is 17.4. The van der Waals surface area contributed by atoms with Crippen LogP contribution < -0.4 is 10.2 Å². The second kappa shape index (κ2) is 8.49. The summed E-state index contributed by atoms with van der Waals surface area (Å²) < 4.78 is 27.2. The first-order chi connectivity index (χ1) is 14.4. The van der Waals surface area contributed by atoms with Crippen molar-refractivity contribution in [2.75, 3.05) is 16.0 Å². The average molecular weight is 447 g/mol. The number of nitrogens with one attached hydrogen (secondary N) is 1. The zero-order chi connectivity index (χ0) is 21.3. The summed E-state index contributed by atoms with van der Waals surface area (Å²) in [7, 11) is 0. The molecular weight excluding hydrogens is 430 g/mol. The Hall–Kier alpha value is -2.85. The van der Waals surface area contributed by atoms with Crippen LogP contribution in [0.4, 0.5) is 19.6 Å². The molecule has 0 bridgehead atoms. The van der Waals surface area contributed by atoms with Gasteiger partial charge in [-0.05, 0) is 37.1 Å². The van der Waals surface area contributed by atoms with Gasteiger partial charge in [0.1, 0.15) is 11.6 Å². The zero-order valence-electron chi connectivity index (χ0n) is 15.8. The van der Waals surface area contributed by atoms with Gasteiger partial charge in [0.05, 0.1) is 11.3 Å². The predicted octanol–water partition coefficient (Wildman–Crippen LogP) is 4.14. The van der Waals surface area contributed by atoms with Gasteiger partial charge in [-0.15, -0.1) is 10.2 Å². The van der Waals surface area contributed by atoms with E-state index in [1.165, 1.54) is 11.8 Å². The third-order valence-corrected chi connectivity index (χ3v) is 6.55. The number of hydrogen-bond donors (Lipinski definition) is 1. The molecule has 0 radical (unpaired) electrons. The monoisotopic (exact) mass is 446 g/mol. The number of fused-ring (bicyclic) bond motifs is 1. The summed E-state index contributed by atoms with van der Waals surface area (Å²) in [6, 6.07) is 10.6. The van der Waals surface area contributed by atoms with Gasteiger partial charge in [0.15, 0.2) is 4.34 Å². The molecule has 154 valence electrons. The molecule has 2 aromatic carbocycles. The maximum atomic E-state index is 13.7. The highest BCUT2D eigenvalue weighted by molar-refractivity contribution is 8.01. The fourth-order valence-electron chi connectivity index (χ4n) is 3.30. The van der Waals surface area contributed by atoms with Gasteiger partial charge in [0, 0.05) is 17.8 Å². The lowest BCUT2D eigenvalue weighted by Crippen LogP contribution is -2.36. The molecule has 3 aromatic rings. The third-order valence-electron chi connectivity index (χ3n) is 4.60. The summed E-state index contributed by atoms with van der Waals surface area (Å²) in [5, 5.41) is 10.4. The Balaban J connectivity index is 1.37. The summed E-state index contributed by atoms with van der Waals surface area (Å²) >= 11 is 2.30. The summed E-state index contributed by atoms with van der Waals surface area (Å²) in [5.74, 6) is -2.34. The highest BCUT2D eigenvalue weighted by Gasteiger charge is 2.30. The lowest BCUT2D eigenvalue weighted by atomic mass is 10.1. The Morgan fingerprint density at radius 2 is 2.03 bits per heavy atom. The number of anilines is 2. The minimum atomic E-state index is -0.961. The summed E-state index contributed by atoms with van der Waals surface area (Å²) in [6.07, 6.45) is 0.821. The van der Waals surface area contributed by atoms with Crippen LogP contribution in [0.2, 0.25) is 0 Å². The van der Waals surface area contributed by atoms with Crippen molar-refractivity contribution in [2.45, 2.75) is 23.7 Å². The van der Waals surface area contributed by atoms with Crippen LogP contribution in [0.15, 0.2) is 46.8 Å². The van der Waals surface area contributed by atoms with Crippen molar-refractivity contribution in [1.82, 2.24) is 10.2 Å². The van der Waals surface area contributed by atoms with E-state index in [0.29, 0.717) is 10.4 Å². The Bertz CT molecular complexity index is 1120. The standard InChI is InChI=1S/C20H16F2N4O2S2/c1-11-8-12-4-2-3-5-16(12)26(11)17(27)10-29-20-25-24-19(30-20)23-18(28)14-7-6-13(21)9-15(14)22/h2-7,9,11H,8,10H2,1H3,(H,23,24,28)/t11-/m1/s1. The molecule has 0 unspecified atom stereocenters. The molecule has 4 rings (SSSR count). The first kappa shape index (κ1) is 20.4. The highest BCUT2D eigenvalue weighted by Crippen LogP contribution is 2.33. The van der Waals surface area contributed by atoms with E-state index in [4.69, 9.17) is 0 Å². The quantitative estimate of drug-likeness (QED) is 0.471. The van der Waals surface area contributed by atoms with Crippen LogP contribution >= 0.6 is 23.1 Å². The van der Waals surface area contributed by atoms with Gasteiger partial charge in [-0.3, -0.25) is 14.9 Å². The molecule has 2 heterocycles. The van der Waals surface area contributed by atoms with Gasteiger partial charge in [-0.1, -0.05) is 41.3 Å². The number of aromatic nitrogens is 2. The third kappa shape index (κ3) is 4.19. The molecule has 1 aromatic heterocycles. The van der Waals surface area contributed by atoms with Gasteiger partial charge in [0.2, 0.25) is 11.0 Å². The van der Waals surface area contributed by atoms with Crippen LogP contribution in [0, 0.1) is 11.6 Å². The van der Waals surface area contributed by atoms with E-state index >= 15 is 0 Å². The van der Waals surface area contributed by atoms with Crippen LogP contribution in [0.3, 0.4) is 0 Å². The SMILES string of the molecule is C[C@@H]1Cc2ccccc2N1C(=O)CSc1nnc(NC(=O)c2ccc(F)cc2F)s1. The summed E-state index contributed by atoms with van der Waals surface area (Å²) in [6.45, 7) is 2.01. The predicted molar refractivity (Wildman–Crippen MR) is 112 cm³/mol. The number of nitrogens with zero attached hydrogens (tertiary/aromatic N) is 3. The lowest BCUT2D eigenvalue weighted by molar-refractivity contribution is -0.116. The number of rotatable bonds is 5. The maximum absolute atomic E-state index is 13.7. The Kier molecular flexibility index (Phi) is 5.78. The van der Waals surface area contributed by atoms with Crippen LogP contribution in [0.5, 0.6) is 0 Å². The van der Waals surface area contributed by atoms with E-state index in [1.54, 1.807) is 4.90 Å². The smallest absolute Gasteiger partial charge is 0.260 e. The van der Waals surface area contributed by atoms with Crippen molar-refractivity contribution in [1.29, 1.82) is 0 Å². The summed E-state index contributed by atoms with van der Waals surface area (Å²) in [5.41, 5.74) is 1.79. The van der Waals surface area contributed by atoms with Crippen molar-refractivity contribution in [3.63, 3.8) is 0 Å². The molecule has 10 heteroatoms. The molecule has 0 fully saturated rings. The summed E-state index contributed by atoms with van der Waals surface area (Å²) in [4.78, 5) is 26.7. The maximum Gasteiger partial charge on any atom is 0.260 e. The van der Waals surface area contributed by atoms with Crippen molar-refractivity contribution in [3.8, 4) is 0 Å². The minimum Gasteiger partial charge on any atom is -0.308 e. The Labute approximate surface area is 179 Å². The molecule has 6 nitrogen and oxygen atoms in total. The number of para-hydroxylation sites is 1. The molecule has 1 atom stereocenters. The topological polar surface area (TPSA) is 75.2 Å². The van der Waals surface area contributed by atoms with Gasteiger partial charge in [0.25, 0.3) is 5.91 Å². The fraction of sp³-hybridized carbons (Fsp3) is 0.200. The minimum absolute atomic E-state index is 0.0355. The molecular formula is C20H16F2N4O2S2. The molecule has 1 aliphatic rings. The molecule has 1 aliphatic heterocycles.